The second-order valence-electron chi connectivity index (χ2n) is 9.79. The van der Waals surface area contributed by atoms with Crippen molar-refractivity contribution in [2.24, 2.45) is 0 Å². The van der Waals surface area contributed by atoms with Crippen LogP contribution in [0.15, 0.2) is 60.8 Å². The molecule has 7 nitrogen and oxygen atoms in total. The van der Waals surface area contributed by atoms with Gasteiger partial charge in [-0.1, -0.05) is 11.8 Å². The van der Waals surface area contributed by atoms with Crippen LogP contribution in [0.5, 0.6) is 5.75 Å². The molecule has 1 aliphatic rings. The molecule has 1 aromatic heterocycles. The van der Waals surface area contributed by atoms with E-state index in [4.69, 9.17) is 4.74 Å². The van der Waals surface area contributed by atoms with Crippen molar-refractivity contribution in [1.82, 2.24) is 15.6 Å². The lowest BCUT2D eigenvalue weighted by Gasteiger charge is -2.19. The van der Waals surface area contributed by atoms with Gasteiger partial charge >= 0.3 is 0 Å². The summed E-state index contributed by atoms with van der Waals surface area (Å²) >= 11 is 0. The fourth-order valence-corrected chi connectivity index (χ4v) is 4.89. The van der Waals surface area contributed by atoms with E-state index in [1.807, 2.05) is 6.07 Å². The number of rotatable bonds is 6. The van der Waals surface area contributed by atoms with E-state index >= 15 is 0 Å². The molecule has 0 bridgehead atoms. The van der Waals surface area contributed by atoms with Crippen LogP contribution >= 0.6 is 0 Å². The molecule has 0 aliphatic carbocycles. The Morgan fingerprint density at radius 3 is 2.62 bits per heavy atom. The number of ether oxygens (including phenoxy) is 1. The maximum atomic E-state index is 13.6. The Morgan fingerprint density at radius 1 is 1.05 bits per heavy atom. The number of aryl methyl sites for hydroxylation is 1. The summed E-state index contributed by atoms with van der Waals surface area (Å²) in [5, 5.41) is 16.5. The number of aliphatic hydroxyl groups excluding tert-OH is 1. The number of hydrogen-bond acceptors (Lipinski definition) is 4. The van der Waals surface area contributed by atoms with Crippen LogP contribution in [0.4, 0.5) is 4.39 Å². The molecule has 0 fully saturated rings. The van der Waals surface area contributed by atoms with Crippen LogP contribution in [0, 0.1) is 17.7 Å². The number of benzene rings is 3. The number of amides is 2. The third kappa shape index (κ3) is 6.00. The van der Waals surface area contributed by atoms with Crippen molar-refractivity contribution in [3.05, 3.63) is 100.0 Å². The quantitative estimate of drug-likeness (QED) is 0.277. The van der Waals surface area contributed by atoms with Gasteiger partial charge in [0.1, 0.15) is 11.6 Å². The highest BCUT2D eigenvalue weighted by atomic mass is 19.1. The molecule has 3 aromatic carbocycles. The minimum Gasteiger partial charge on any atom is -0.492 e. The van der Waals surface area contributed by atoms with Crippen molar-refractivity contribution >= 4 is 22.7 Å². The minimum absolute atomic E-state index is 0.166. The van der Waals surface area contributed by atoms with E-state index in [0.29, 0.717) is 41.0 Å². The lowest BCUT2D eigenvalue weighted by molar-refractivity contribution is 0.0911. The summed E-state index contributed by atoms with van der Waals surface area (Å²) in [5.41, 5.74) is 4.78. The first-order valence-corrected chi connectivity index (χ1v) is 13.3. The van der Waals surface area contributed by atoms with Crippen LogP contribution < -0.4 is 15.4 Å². The Morgan fingerprint density at radius 2 is 1.85 bits per heavy atom. The third-order valence-corrected chi connectivity index (χ3v) is 6.97. The van der Waals surface area contributed by atoms with Gasteiger partial charge in [-0.2, -0.15) is 0 Å². The molecule has 2 heterocycles. The van der Waals surface area contributed by atoms with E-state index in [0.717, 1.165) is 41.3 Å². The van der Waals surface area contributed by atoms with E-state index < -0.39 is 6.04 Å². The first-order valence-electron chi connectivity index (χ1n) is 13.3. The average molecular weight is 540 g/mol. The summed E-state index contributed by atoms with van der Waals surface area (Å²) in [6.07, 6.45) is 4.72. The molecule has 4 N–H and O–H groups in total. The van der Waals surface area contributed by atoms with Crippen LogP contribution in [0.1, 0.15) is 55.8 Å². The smallest absolute Gasteiger partial charge is 0.255 e. The molecule has 1 atom stereocenters. The third-order valence-electron chi connectivity index (χ3n) is 6.97. The van der Waals surface area contributed by atoms with Crippen molar-refractivity contribution in [3.8, 4) is 17.6 Å². The Labute approximate surface area is 231 Å². The van der Waals surface area contributed by atoms with Gasteiger partial charge in [0.2, 0.25) is 0 Å². The largest absolute Gasteiger partial charge is 0.492 e. The summed E-state index contributed by atoms with van der Waals surface area (Å²) in [7, 11) is 1.58. The normalized spacial score (nSPS) is 13.3. The summed E-state index contributed by atoms with van der Waals surface area (Å²) in [6, 6.07) is 14.6. The summed E-state index contributed by atoms with van der Waals surface area (Å²) in [5.74, 6) is 5.95. The van der Waals surface area contributed by atoms with Crippen molar-refractivity contribution in [3.63, 3.8) is 0 Å². The number of fused-ring (bicyclic) bond motifs is 2. The van der Waals surface area contributed by atoms with Crippen LogP contribution in [-0.2, 0) is 12.8 Å². The summed E-state index contributed by atoms with van der Waals surface area (Å²) < 4.78 is 19.6. The molecule has 5 rings (SSSR count). The number of carbonyl (C=O) groups excluding carboxylic acids is 2. The Kier molecular flexibility index (Phi) is 8.13. The predicted octanol–water partition coefficient (Wildman–Crippen LogP) is 4.11. The van der Waals surface area contributed by atoms with Crippen LogP contribution in [0.2, 0.25) is 0 Å². The number of aromatic nitrogens is 1. The lowest BCUT2D eigenvalue weighted by Crippen LogP contribution is -2.39. The molecule has 1 unspecified atom stereocenters. The molecule has 4 aromatic rings. The number of aliphatic hydroxyl groups is 1. The number of H-pyrrole nitrogens is 1. The zero-order chi connectivity index (χ0) is 28.1. The molecule has 2 amide bonds. The number of halogens is 1. The van der Waals surface area contributed by atoms with E-state index in [9.17, 15) is 19.1 Å². The van der Waals surface area contributed by atoms with Crippen molar-refractivity contribution in [2.45, 2.75) is 31.7 Å². The molecular formula is C32H30FN3O4. The van der Waals surface area contributed by atoms with Crippen molar-refractivity contribution in [2.75, 3.05) is 20.3 Å². The number of nitrogens with one attached hydrogen (secondary N) is 3. The summed E-state index contributed by atoms with van der Waals surface area (Å²) in [6.45, 7) is 0.250. The second kappa shape index (κ2) is 12.1. The predicted molar refractivity (Wildman–Crippen MR) is 151 cm³/mol. The van der Waals surface area contributed by atoms with Gasteiger partial charge in [-0.15, -0.1) is 0 Å². The van der Waals surface area contributed by atoms with Crippen molar-refractivity contribution in [1.29, 1.82) is 0 Å². The van der Waals surface area contributed by atoms with Gasteiger partial charge in [-0.3, -0.25) is 9.59 Å². The number of hydrogen-bond donors (Lipinski definition) is 4. The summed E-state index contributed by atoms with van der Waals surface area (Å²) in [4.78, 5) is 28.4. The maximum absolute atomic E-state index is 13.6. The Balaban J connectivity index is 1.40. The lowest BCUT2D eigenvalue weighted by atomic mass is 9.99. The van der Waals surface area contributed by atoms with Gasteiger partial charge in [0.05, 0.1) is 24.8 Å². The van der Waals surface area contributed by atoms with E-state index in [1.54, 1.807) is 49.6 Å². The molecule has 0 saturated carbocycles. The van der Waals surface area contributed by atoms with Gasteiger partial charge < -0.3 is 25.5 Å². The fourth-order valence-electron chi connectivity index (χ4n) is 4.89. The zero-order valence-electron chi connectivity index (χ0n) is 22.1. The van der Waals surface area contributed by atoms with Gasteiger partial charge in [-0.05, 0) is 91.4 Å². The average Bonchev–Trinajstić information content (AvgIpc) is 3.20. The maximum Gasteiger partial charge on any atom is 0.255 e. The monoisotopic (exact) mass is 539 g/mol. The molecule has 204 valence electrons. The topological polar surface area (TPSA) is 103 Å². The molecular weight excluding hydrogens is 509 g/mol. The van der Waals surface area contributed by atoms with Crippen LogP contribution in [0.25, 0.3) is 10.9 Å². The second-order valence-corrected chi connectivity index (χ2v) is 9.79. The molecule has 1 aliphatic heterocycles. The zero-order valence-corrected chi connectivity index (χ0v) is 22.1. The van der Waals surface area contributed by atoms with Gasteiger partial charge in [-0.25, -0.2) is 4.39 Å². The van der Waals surface area contributed by atoms with E-state index in [2.05, 4.69) is 27.5 Å². The molecule has 40 heavy (non-hydrogen) atoms. The SMILES string of the molecule is CNC(=O)c1ccc(C#Cc2cc3c(c(C(=O)NC(CO)Cc4c[nH]c5cc(F)ccc45)c2)OCCCC3)cc1. The Bertz CT molecular complexity index is 1620. The first-order chi connectivity index (χ1) is 19.4. The minimum atomic E-state index is -0.563. The fraction of sp³-hybridized carbons (Fsp3) is 0.250. The number of aromatic amines is 1. The van der Waals surface area contributed by atoms with Gasteiger partial charge in [0, 0.05) is 40.8 Å². The van der Waals surface area contributed by atoms with Crippen LogP contribution in [-0.4, -0.2) is 48.2 Å². The standard InChI is InChI=1S/C32H30FN3O4/c1-34-31(38)22-9-7-20(8-10-22)5-6-21-14-23-4-2-3-13-40-30(23)28(15-21)32(39)36-26(19-37)16-24-18-35-29-17-25(33)11-12-27(24)29/h7-12,14-15,17-18,26,35,37H,2-4,13,16,19H2,1H3,(H,34,38)(H,36,39). The van der Waals surface area contributed by atoms with Crippen molar-refractivity contribution < 1.29 is 23.8 Å². The van der Waals surface area contributed by atoms with Crippen LogP contribution in [0.3, 0.4) is 0 Å². The molecule has 0 radical (unpaired) electrons. The molecule has 0 spiro atoms. The van der Waals surface area contributed by atoms with Gasteiger partial charge in [0.15, 0.2) is 0 Å². The number of carbonyl (C=O) groups is 2. The van der Waals surface area contributed by atoms with Gasteiger partial charge in [0.25, 0.3) is 11.8 Å². The van der Waals surface area contributed by atoms with E-state index in [1.165, 1.54) is 12.1 Å². The highest BCUT2D eigenvalue weighted by Crippen LogP contribution is 2.30. The highest BCUT2D eigenvalue weighted by Gasteiger charge is 2.23. The highest BCUT2D eigenvalue weighted by molar-refractivity contribution is 5.98. The Hall–Kier alpha value is -4.61. The first kappa shape index (κ1) is 27.0. The molecule has 0 saturated heterocycles. The molecule has 8 heteroatoms. The van der Waals surface area contributed by atoms with E-state index in [-0.39, 0.29) is 24.2 Å².